The van der Waals surface area contributed by atoms with E-state index in [-0.39, 0.29) is 5.91 Å². The third kappa shape index (κ3) is 4.85. The van der Waals surface area contributed by atoms with Gasteiger partial charge in [-0.15, -0.1) is 0 Å². The van der Waals surface area contributed by atoms with Crippen molar-refractivity contribution in [1.82, 2.24) is 14.9 Å². The topological polar surface area (TPSA) is 61.8 Å². The first-order valence-electron chi connectivity index (χ1n) is 10.3. The number of carbonyl (C=O) groups is 1. The molecule has 1 aromatic carbocycles. The predicted octanol–water partition coefficient (Wildman–Crippen LogP) is 1.82. The van der Waals surface area contributed by atoms with Gasteiger partial charge in [-0.25, -0.2) is 4.98 Å². The Hall–Kier alpha value is -2.67. The molecule has 2 aliphatic rings. The van der Waals surface area contributed by atoms with Crippen LogP contribution in [0.1, 0.15) is 16.8 Å². The molecule has 4 rings (SSSR count). The van der Waals surface area contributed by atoms with E-state index in [4.69, 9.17) is 9.72 Å². The number of ether oxygens (including phenoxy) is 1. The van der Waals surface area contributed by atoms with Gasteiger partial charge in [0.1, 0.15) is 5.82 Å². The second-order valence-corrected chi connectivity index (χ2v) is 7.80. The van der Waals surface area contributed by atoms with Crippen molar-refractivity contribution in [2.24, 2.45) is 0 Å². The number of aromatic nitrogens is 2. The second-order valence-electron chi connectivity index (χ2n) is 7.80. The minimum atomic E-state index is 0.188. The van der Waals surface area contributed by atoms with E-state index in [0.29, 0.717) is 19.5 Å². The quantitative estimate of drug-likeness (QED) is 0.787. The number of piperazine rings is 1. The number of aryl methyl sites for hydroxylation is 2. The SMILES string of the molecule is Cc1ccc(CC(=O)N2CCN(c3nc(C)cc(N4CCOCC4)n3)CC2)cc1. The summed E-state index contributed by atoms with van der Waals surface area (Å²) in [6.07, 6.45) is 0.461. The van der Waals surface area contributed by atoms with Gasteiger partial charge in [0.2, 0.25) is 11.9 Å². The lowest BCUT2D eigenvalue weighted by Crippen LogP contribution is -2.49. The van der Waals surface area contributed by atoms with Crippen molar-refractivity contribution >= 4 is 17.7 Å². The number of benzene rings is 1. The van der Waals surface area contributed by atoms with E-state index in [1.807, 2.05) is 30.0 Å². The highest BCUT2D eigenvalue weighted by atomic mass is 16.5. The zero-order chi connectivity index (χ0) is 20.2. The monoisotopic (exact) mass is 395 g/mol. The van der Waals surface area contributed by atoms with Crippen molar-refractivity contribution < 1.29 is 9.53 Å². The van der Waals surface area contributed by atoms with E-state index >= 15 is 0 Å². The number of hydrogen-bond acceptors (Lipinski definition) is 6. The summed E-state index contributed by atoms with van der Waals surface area (Å²) in [6.45, 7) is 10.2. The largest absolute Gasteiger partial charge is 0.378 e. The van der Waals surface area contributed by atoms with Crippen molar-refractivity contribution in [2.75, 3.05) is 62.3 Å². The van der Waals surface area contributed by atoms with Crippen LogP contribution in [0, 0.1) is 13.8 Å². The molecule has 0 atom stereocenters. The van der Waals surface area contributed by atoms with Crippen molar-refractivity contribution in [3.05, 3.63) is 47.2 Å². The number of amides is 1. The number of nitrogens with zero attached hydrogens (tertiary/aromatic N) is 5. The Balaban J connectivity index is 1.37. The lowest BCUT2D eigenvalue weighted by Gasteiger charge is -2.35. The third-order valence-corrected chi connectivity index (χ3v) is 5.56. The molecule has 0 radical (unpaired) electrons. The molecule has 0 spiro atoms. The predicted molar refractivity (Wildman–Crippen MR) is 113 cm³/mol. The maximum atomic E-state index is 12.7. The van der Waals surface area contributed by atoms with Gasteiger partial charge in [-0.05, 0) is 19.4 Å². The summed E-state index contributed by atoms with van der Waals surface area (Å²) in [5, 5.41) is 0. The first-order chi connectivity index (χ1) is 14.1. The highest BCUT2D eigenvalue weighted by molar-refractivity contribution is 5.79. The molecule has 2 aromatic rings. The van der Waals surface area contributed by atoms with Crippen LogP contribution in [0.15, 0.2) is 30.3 Å². The molecule has 0 unspecified atom stereocenters. The van der Waals surface area contributed by atoms with Crippen molar-refractivity contribution in [3.63, 3.8) is 0 Å². The fourth-order valence-corrected chi connectivity index (χ4v) is 3.78. The second kappa shape index (κ2) is 8.78. The van der Waals surface area contributed by atoms with Gasteiger partial charge < -0.3 is 19.4 Å². The molecule has 2 fully saturated rings. The summed E-state index contributed by atoms with van der Waals surface area (Å²) < 4.78 is 5.45. The number of carbonyl (C=O) groups excluding carboxylic acids is 1. The first kappa shape index (κ1) is 19.6. The molecule has 0 N–H and O–H groups in total. The highest BCUT2D eigenvalue weighted by Gasteiger charge is 2.24. The van der Waals surface area contributed by atoms with Crippen LogP contribution in [0.4, 0.5) is 11.8 Å². The zero-order valence-corrected chi connectivity index (χ0v) is 17.3. The molecule has 0 aliphatic carbocycles. The summed E-state index contributed by atoms with van der Waals surface area (Å²) in [7, 11) is 0. The van der Waals surface area contributed by atoms with Gasteiger partial charge in [0, 0.05) is 51.0 Å². The minimum Gasteiger partial charge on any atom is -0.378 e. The Morgan fingerprint density at radius 1 is 0.931 bits per heavy atom. The average Bonchev–Trinajstić information content (AvgIpc) is 2.75. The highest BCUT2D eigenvalue weighted by Crippen LogP contribution is 2.20. The molecule has 29 heavy (non-hydrogen) atoms. The number of anilines is 2. The summed E-state index contributed by atoms with van der Waals surface area (Å²) in [5.74, 6) is 1.92. The maximum Gasteiger partial charge on any atom is 0.227 e. The van der Waals surface area contributed by atoms with Crippen LogP contribution in [-0.4, -0.2) is 73.3 Å². The van der Waals surface area contributed by atoms with E-state index in [2.05, 4.69) is 33.8 Å². The smallest absolute Gasteiger partial charge is 0.227 e. The average molecular weight is 396 g/mol. The van der Waals surface area contributed by atoms with Gasteiger partial charge in [0.05, 0.1) is 19.6 Å². The van der Waals surface area contributed by atoms with Crippen LogP contribution in [0.2, 0.25) is 0 Å². The maximum absolute atomic E-state index is 12.7. The Bertz CT molecular complexity index is 841. The lowest BCUT2D eigenvalue weighted by atomic mass is 10.1. The third-order valence-electron chi connectivity index (χ3n) is 5.56. The Morgan fingerprint density at radius 3 is 2.31 bits per heavy atom. The fraction of sp³-hybridized carbons (Fsp3) is 0.500. The molecule has 0 bridgehead atoms. The van der Waals surface area contributed by atoms with Gasteiger partial charge in [-0.1, -0.05) is 29.8 Å². The van der Waals surface area contributed by atoms with Crippen LogP contribution in [0.3, 0.4) is 0 Å². The zero-order valence-electron chi connectivity index (χ0n) is 17.3. The molecule has 3 heterocycles. The summed E-state index contributed by atoms with van der Waals surface area (Å²) >= 11 is 0. The normalized spacial score (nSPS) is 17.5. The molecule has 1 aromatic heterocycles. The Labute approximate surface area is 172 Å². The van der Waals surface area contributed by atoms with E-state index in [0.717, 1.165) is 62.4 Å². The van der Waals surface area contributed by atoms with E-state index in [1.54, 1.807) is 0 Å². The fourth-order valence-electron chi connectivity index (χ4n) is 3.78. The summed E-state index contributed by atoms with van der Waals surface area (Å²) in [4.78, 5) is 28.5. The minimum absolute atomic E-state index is 0.188. The van der Waals surface area contributed by atoms with Gasteiger partial charge in [-0.2, -0.15) is 4.98 Å². The lowest BCUT2D eigenvalue weighted by molar-refractivity contribution is -0.130. The summed E-state index contributed by atoms with van der Waals surface area (Å²) in [6, 6.07) is 10.2. The molecule has 154 valence electrons. The van der Waals surface area contributed by atoms with E-state index < -0.39 is 0 Å². The first-order valence-corrected chi connectivity index (χ1v) is 10.3. The van der Waals surface area contributed by atoms with Crippen molar-refractivity contribution in [2.45, 2.75) is 20.3 Å². The number of rotatable bonds is 4. The molecule has 1 amide bonds. The van der Waals surface area contributed by atoms with Crippen molar-refractivity contribution in [1.29, 1.82) is 0 Å². The van der Waals surface area contributed by atoms with Crippen LogP contribution in [-0.2, 0) is 16.0 Å². The van der Waals surface area contributed by atoms with Crippen molar-refractivity contribution in [3.8, 4) is 0 Å². The molecule has 2 aliphatic heterocycles. The molecule has 7 nitrogen and oxygen atoms in total. The van der Waals surface area contributed by atoms with Crippen LogP contribution in [0.5, 0.6) is 0 Å². The molecular weight excluding hydrogens is 366 g/mol. The van der Waals surface area contributed by atoms with Crippen LogP contribution < -0.4 is 9.80 Å². The number of hydrogen-bond donors (Lipinski definition) is 0. The summed E-state index contributed by atoms with van der Waals surface area (Å²) in [5.41, 5.74) is 3.25. The Morgan fingerprint density at radius 2 is 1.62 bits per heavy atom. The van der Waals surface area contributed by atoms with Crippen LogP contribution >= 0.6 is 0 Å². The van der Waals surface area contributed by atoms with E-state index in [9.17, 15) is 4.79 Å². The van der Waals surface area contributed by atoms with Gasteiger partial charge in [0.15, 0.2) is 0 Å². The van der Waals surface area contributed by atoms with Gasteiger partial charge in [-0.3, -0.25) is 4.79 Å². The Kier molecular flexibility index (Phi) is 5.94. The standard InChI is InChI=1S/C22H29N5O2/c1-17-3-5-19(6-4-17)16-21(28)26-7-9-27(10-8-26)22-23-18(2)15-20(24-22)25-11-13-29-14-12-25/h3-6,15H,7-14,16H2,1-2H3. The van der Waals surface area contributed by atoms with Gasteiger partial charge >= 0.3 is 0 Å². The van der Waals surface area contributed by atoms with E-state index in [1.165, 1.54) is 5.56 Å². The molecule has 7 heteroatoms. The number of morpholine rings is 1. The van der Waals surface area contributed by atoms with Gasteiger partial charge in [0.25, 0.3) is 0 Å². The molecule has 2 saturated heterocycles. The molecule has 0 saturated carbocycles. The molecular formula is C22H29N5O2. The van der Waals surface area contributed by atoms with Crippen LogP contribution in [0.25, 0.3) is 0 Å².